The molecule has 8 nitrogen and oxygen atoms in total. The molecule has 2 aromatic carbocycles. The number of aromatic nitrogens is 1. The average Bonchev–Trinajstić information content (AvgIpc) is 3.08. The van der Waals surface area contributed by atoms with Crippen molar-refractivity contribution >= 4 is 11.9 Å². The van der Waals surface area contributed by atoms with E-state index in [9.17, 15) is 41.0 Å². The first-order valence-corrected chi connectivity index (χ1v) is 16.6. The molecule has 2 saturated heterocycles. The van der Waals surface area contributed by atoms with Crippen molar-refractivity contribution in [1.82, 2.24) is 14.8 Å². The van der Waals surface area contributed by atoms with Crippen molar-refractivity contribution in [2.24, 2.45) is 5.73 Å². The molecule has 0 unspecified atom stereocenters. The van der Waals surface area contributed by atoms with Crippen LogP contribution in [-0.4, -0.2) is 63.2 Å². The van der Waals surface area contributed by atoms with E-state index in [1.54, 1.807) is 0 Å². The van der Waals surface area contributed by atoms with Crippen LogP contribution in [0.15, 0.2) is 67.0 Å². The standard InChI is InChI=1S/C36H40F6N4O4/c1-2-6-30-34(50-26-12-10-25(11-13-26)35(37,38)39,16-5-20-46(30)32(49)27-23-44-19-15-29(27)36(40,41)42)45-21-17-33(43,18-22-45)28-8-4-3-7-24(28)9-14-31(47)48/h3-4,7-8,10-13,15,19,23,30H,2,5-6,9,14,16-18,20-22,43H2,1H3,(H,47,48)/t30-,34+/m1/s1. The van der Waals surface area contributed by atoms with Gasteiger partial charge in [0.1, 0.15) is 5.75 Å². The zero-order valence-corrected chi connectivity index (χ0v) is 27.6. The average molecular weight is 707 g/mol. The molecule has 0 aliphatic carbocycles. The number of hydrogen-bond donors (Lipinski definition) is 2. The lowest BCUT2D eigenvalue weighted by molar-refractivity contribution is -0.167. The Balaban J connectivity index is 1.54. The molecule has 3 N–H and O–H groups in total. The molecule has 0 spiro atoms. The Morgan fingerprint density at radius 1 is 0.960 bits per heavy atom. The number of rotatable bonds is 10. The third kappa shape index (κ3) is 7.75. The van der Waals surface area contributed by atoms with Crippen LogP contribution < -0.4 is 10.5 Å². The Hall–Kier alpha value is -4.17. The van der Waals surface area contributed by atoms with Gasteiger partial charge in [0.25, 0.3) is 5.91 Å². The number of carbonyl (C=O) groups is 2. The fourth-order valence-corrected chi connectivity index (χ4v) is 7.42. The molecule has 270 valence electrons. The van der Waals surface area contributed by atoms with Gasteiger partial charge in [0, 0.05) is 50.4 Å². The highest BCUT2D eigenvalue weighted by atomic mass is 19.4. The number of hydrogen-bond acceptors (Lipinski definition) is 6. The second kappa shape index (κ2) is 14.6. The van der Waals surface area contributed by atoms with Crippen LogP contribution in [0, 0.1) is 0 Å². The summed E-state index contributed by atoms with van der Waals surface area (Å²) in [4.78, 5) is 32.7. The molecule has 2 fully saturated rings. The number of benzene rings is 2. The maximum absolute atomic E-state index is 14.1. The summed E-state index contributed by atoms with van der Waals surface area (Å²) in [5.41, 5.74) is 3.93. The highest BCUT2D eigenvalue weighted by molar-refractivity contribution is 5.96. The molecule has 3 aromatic rings. The van der Waals surface area contributed by atoms with E-state index in [1.807, 2.05) is 36.1 Å². The van der Waals surface area contributed by atoms with Crippen molar-refractivity contribution in [2.75, 3.05) is 19.6 Å². The van der Waals surface area contributed by atoms with Gasteiger partial charge in [-0.3, -0.25) is 19.5 Å². The fourth-order valence-electron chi connectivity index (χ4n) is 7.42. The van der Waals surface area contributed by atoms with Gasteiger partial charge >= 0.3 is 18.3 Å². The third-order valence-corrected chi connectivity index (χ3v) is 9.84. The SMILES string of the molecule is CCC[C@H]1N(C(=O)c2cnccc2C(F)(F)F)CCC[C@@]1(Oc1ccc(C(F)(F)F)cc1)N1CCC(N)(c2ccccc2CCC(=O)O)CC1. The molecule has 2 aliphatic rings. The van der Waals surface area contributed by atoms with Crippen LogP contribution in [0.5, 0.6) is 5.75 Å². The predicted octanol–water partition coefficient (Wildman–Crippen LogP) is 7.27. The molecule has 2 atom stereocenters. The molecule has 50 heavy (non-hydrogen) atoms. The third-order valence-electron chi connectivity index (χ3n) is 9.84. The molecule has 2 aliphatic heterocycles. The summed E-state index contributed by atoms with van der Waals surface area (Å²) in [6.45, 7) is 2.67. The van der Waals surface area contributed by atoms with Gasteiger partial charge in [0.05, 0.1) is 22.7 Å². The van der Waals surface area contributed by atoms with E-state index < -0.39 is 58.2 Å². The van der Waals surface area contributed by atoms with Crippen LogP contribution in [0.4, 0.5) is 26.3 Å². The number of aryl methyl sites for hydroxylation is 1. The normalized spacial score (nSPS) is 21.5. The molecule has 0 radical (unpaired) electrons. The second-order valence-electron chi connectivity index (χ2n) is 13.0. The Bertz CT molecular complexity index is 1660. The zero-order valence-electron chi connectivity index (χ0n) is 27.6. The lowest BCUT2D eigenvalue weighted by Gasteiger charge is -2.57. The van der Waals surface area contributed by atoms with Gasteiger partial charge in [-0.1, -0.05) is 37.6 Å². The number of alkyl halides is 6. The number of nitrogens with zero attached hydrogens (tertiary/aromatic N) is 3. The molecule has 3 heterocycles. The van der Waals surface area contributed by atoms with Crippen molar-refractivity contribution in [3.8, 4) is 5.75 Å². The van der Waals surface area contributed by atoms with Gasteiger partial charge in [-0.25, -0.2) is 0 Å². The number of aliphatic carboxylic acids is 1. The summed E-state index contributed by atoms with van der Waals surface area (Å²) in [5, 5.41) is 9.29. The fraction of sp³-hybridized carbons (Fsp3) is 0.472. The molecular weight excluding hydrogens is 666 g/mol. The van der Waals surface area contributed by atoms with Crippen molar-refractivity contribution in [3.05, 3.63) is 94.8 Å². The number of piperidine rings is 2. The minimum Gasteiger partial charge on any atom is -0.481 e. The van der Waals surface area contributed by atoms with E-state index in [2.05, 4.69) is 4.98 Å². The van der Waals surface area contributed by atoms with Gasteiger partial charge < -0.3 is 20.5 Å². The van der Waals surface area contributed by atoms with Crippen molar-refractivity contribution in [3.63, 3.8) is 0 Å². The Morgan fingerprint density at radius 3 is 2.26 bits per heavy atom. The molecule has 0 bridgehead atoms. The van der Waals surface area contributed by atoms with Crippen LogP contribution in [-0.2, 0) is 29.1 Å². The minimum atomic E-state index is -4.81. The molecule has 0 saturated carbocycles. The lowest BCUT2D eigenvalue weighted by atomic mass is 9.77. The molecule has 1 aromatic heterocycles. The van der Waals surface area contributed by atoms with Gasteiger partial charge in [-0.05, 0) is 73.6 Å². The molecule has 5 rings (SSSR count). The van der Waals surface area contributed by atoms with Crippen LogP contribution in [0.2, 0.25) is 0 Å². The Labute approximate surface area is 286 Å². The first-order valence-electron chi connectivity index (χ1n) is 16.6. The summed E-state index contributed by atoms with van der Waals surface area (Å²) < 4.78 is 89.1. The first kappa shape index (κ1) is 37.1. The van der Waals surface area contributed by atoms with Crippen LogP contribution in [0.25, 0.3) is 0 Å². The second-order valence-corrected chi connectivity index (χ2v) is 13.0. The number of carbonyl (C=O) groups excluding carboxylic acids is 1. The highest BCUT2D eigenvalue weighted by Gasteiger charge is 2.54. The number of amides is 1. The van der Waals surface area contributed by atoms with E-state index in [0.717, 1.165) is 41.7 Å². The number of halogens is 6. The summed E-state index contributed by atoms with van der Waals surface area (Å²) >= 11 is 0. The largest absolute Gasteiger partial charge is 0.481 e. The number of ether oxygens (including phenoxy) is 1. The number of nitrogens with two attached hydrogens (primary N) is 1. The summed E-state index contributed by atoms with van der Waals surface area (Å²) in [5.74, 6) is -1.68. The van der Waals surface area contributed by atoms with Gasteiger partial charge in [0.15, 0.2) is 5.72 Å². The maximum Gasteiger partial charge on any atom is 0.417 e. The number of pyridine rings is 1. The van der Waals surface area contributed by atoms with E-state index >= 15 is 0 Å². The highest BCUT2D eigenvalue weighted by Crippen LogP contribution is 2.44. The van der Waals surface area contributed by atoms with Gasteiger partial charge in [-0.15, -0.1) is 0 Å². The zero-order chi connectivity index (χ0) is 36.3. The Kier molecular flexibility index (Phi) is 10.8. The van der Waals surface area contributed by atoms with E-state index in [1.165, 1.54) is 17.0 Å². The monoisotopic (exact) mass is 706 g/mol. The van der Waals surface area contributed by atoms with Crippen molar-refractivity contribution < 1.29 is 45.8 Å². The number of likely N-dealkylation sites (tertiary alicyclic amines) is 2. The molecule has 14 heteroatoms. The summed E-state index contributed by atoms with van der Waals surface area (Å²) in [6, 6.07) is 11.6. The maximum atomic E-state index is 14.1. The van der Waals surface area contributed by atoms with Crippen LogP contribution >= 0.6 is 0 Å². The number of carboxylic acids is 1. The quantitative estimate of drug-likeness (QED) is 0.214. The van der Waals surface area contributed by atoms with Crippen LogP contribution in [0.3, 0.4) is 0 Å². The topological polar surface area (TPSA) is 109 Å². The van der Waals surface area contributed by atoms with Crippen molar-refractivity contribution in [2.45, 2.75) is 87.9 Å². The van der Waals surface area contributed by atoms with E-state index in [4.69, 9.17) is 10.5 Å². The smallest absolute Gasteiger partial charge is 0.417 e. The lowest BCUT2D eigenvalue weighted by Crippen LogP contribution is -2.71. The van der Waals surface area contributed by atoms with E-state index in [0.29, 0.717) is 58.0 Å². The molecular formula is C36H40F6N4O4. The van der Waals surface area contributed by atoms with E-state index in [-0.39, 0.29) is 18.7 Å². The minimum absolute atomic E-state index is 0.0706. The summed E-state index contributed by atoms with van der Waals surface area (Å²) in [7, 11) is 0. The predicted molar refractivity (Wildman–Crippen MR) is 172 cm³/mol. The summed E-state index contributed by atoms with van der Waals surface area (Å²) in [6.07, 6.45) is -4.96. The molecule has 1 amide bonds. The first-order chi connectivity index (χ1) is 23.6. The van der Waals surface area contributed by atoms with Gasteiger partial charge in [-0.2, -0.15) is 26.3 Å². The van der Waals surface area contributed by atoms with Crippen LogP contribution in [0.1, 0.15) is 84.5 Å². The Morgan fingerprint density at radius 2 is 1.64 bits per heavy atom. The van der Waals surface area contributed by atoms with Gasteiger partial charge in [0.2, 0.25) is 0 Å². The number of carboxylic acid groups (broad SMARTS) is 1. The van der Waals surface area contributed by atoms with Crippen molar-refractivity contribution in [1.29, 1.82) is 0 Å².